The van der Waals surface area contributed by atoms with Gasteiger partial charge in [0.25, 0.3) is 0 Å². The lowest BCUT2D eigenvalue weighted by Crippen LogP contribution is -2.33. The molecule has 3 nitrogen and oxygen atoms in total. The minimum atomic E-state index is -0.293. The number of nitrogens with zero attached hydrogens (tertiary/aromatic N) is 1. The van der Waals surface area contributed by atoms with Gasteiger partial charge in [0.2, 0.25) is 5.90 Å². The fourth-order valence-corrected chi connectivity index (χ4v) is 2.45. The first-order valence-corrected chi connectivity index (χ1v) is 5.91. The number of rotatable bonds is 1. The first kappa shape index (κ1) is 10.7. The van der Waals surface area contributed by atoms with E-state index in [9.17, 15) is 9.50 Å². The topological polar surface area (TPSA) is 41.8 Å². The highest BCUT2D eigenvalue weighted by atomic mass is 19.1. The molecule has 1 heterocycles. The summed E-state index contributed by atoms with van der Waals surface area (Å²) in [6.45, 7) is 0. The van der Waals surface area contributed by atoms with Gasteiger partial charge in [0, 0.05) is 12.0 Å². The van der Waals surface area contributed by atoms with Crippen LogP contribution in [0.4, 0.5) is 4.39 Å². The van der Waals surface area contributed by atoms with E-state index in [0.717, 1.165) is 12.8 Å². The minimum Gasteiger partial charge on any atom is -0.472 e. The number of ether oxygens (including phenoxy) is 1. The average Bonchev–Trinajstić information content (AvgIpc) is 2.72. The van der Waals surface area contributed by atoms with Crippen molar-refractivity contribution in [3.63, 3.8) is 0 Å². The van der Waals surface area contributed by atoms with E-state index in [1.807, 2.05) is 0 Å². The van der Waals surface area contributed by atoms with Crippen molar-refractivity contribution in [3.05, 3.63) is 35.6 Å². The molecule has 17 heavy (non-hydrogen) atoms. The molecule has 2 aliphatic rings. The van der Waals surface area contributed by atoms with Gasteiger partial charge in [-0.2, -0.15) is 0 Å². The van der Waals surface area contributed by atoms with Crippen LogP contribution >= 0.6 is 0 Å². The molecular formula is C13H14FNO2. The van der Waals surface area contributed by atoms with Gasteiger partial charge in [0.1, 0.15) is 11.9 Å². The van der Waals surface area contributed by atoms with E-state index >= 15 is 0 Å². The van der Waals surface area contributed by atoms with Crippen LogP contribution in [0.2, 0.25) is 0 Å². The fraction of sp³-hybridized carbons (Fsp3) is 0.462. The largest absolute Gasteiger partial charge is 0.472 e. The van der Waals surface area contributed by atoms with Crippen LogP contribution in [0.15, 0.2) is 29.3 Å². The SMILES string of the molecule is OC1CCC2N=C(c3cccc(F)c3)OC2C1. The smallest absolute Gasteiger partial charge is 0.216 e. The maximum absolute atomic E-state index is 13.1. The lowest BCUT2D eigenvalue weighted by molar-refractivity contribution is 0.0507. The lowest BCUT2D eigenvalue weighted by Gasteiger charge is -2.26. The number of hydrogen-bond donors (Lipinski definition) is 1. The summed E-state index contributed by atoms with van der Waals surface area (Å²) in [7, 11) is 0. The molecule has 0 radical (unpaired) electrons. The fourth-order valence-electron chi connectivity index (χ4n) is 2.45. The highest BCUT2D eigenvalue weighted by Crippen LogP contribution is 2.30. The van der Waals surface area contributed by atoms with Crippen molar-refractivity contribution >= 4 is 5.90 Å². The first-order chi connectivity index (χ1) is 8.22. The van der Waals surface area contributed by atoms with Gasteiger partial charge in [-0.15, -0.1) is 0 Å². The molecule has 1 fully saturated rings. The third-order valence-corrected chi connectivity index (χ3v) is 3.35. The summed E-state index contributed by atoms with van der Waals surface area (Å²) in [6.07, 6.45) is 1.89. The number of aliphatic hydroxyl groups is 1. The molecule has 3 unspecified atom stereocenters. The van der Waals surface area contributed by atoms with Gasteiger partial charge in [-0.25, -0.2) is 9.38 Å². The van der Waals surface area contributed by atoms with Gasteiger partial charge in [-0.1, -0.05) is 6.07 Å². The Morgan fingerprint density at radius 2 is 2.24 bits per heavy atom. The van der Waals surface area contributed by atoms with Gasteiger partial charge >= 0.3 is 0 Å². The molecule has 0 bridgehead atoms. The molecule has 0 aromatic heterocycles. The third-order valence-electron chi connectivity index (χ3n) is 3.35. The number of fused-ring (bicyclic) bond motifs is 1. The Balaban J connectivity index is 1.82. The van der Waals surface area contributed by atoms with E-state index in [0.29, 0.717) is 17.9 Å². The number of halogens is 1. The molecule has 1 saturated carbocycles. The third kappa shape index (κ3) is 2.05. The second kappa shape index (κ2) is 4.11. The van der Waals surface area contributed by atoms with Crippen molar-refractivity contribution < 1.29 is 14.2 Å². The zero-order chi connectivity index (χ0) is 11.8. The van der Waals surface area contributed by atoms with Crippen LogP contribution in [0.5, 0.6) is 0 Å². The van der Waals surface area contributed by atoms with E-state index < -0.39 is 0 Å². The quantitative estimate of drug-likeness (QED) is 0.807. The molecule has 0 amide bonds. The maximum atomic E-state index is 13.1. The molecule has 0 spiro atoms. The molecule has 0 saturated heterocycles. The number of aliphatic hydroxyl groups excluding tert-OH is 1. The van der Waals surface area contributed by atoms with Crippen molar-refractivity contribution in [2.24, 2.45) is 4.99 Å². The Labute approximate surface area is 98.9 Å². The maximum Gasteiger partial charge on any atom is 0.216 e. The number of hydrogen-bond acceptors (Lipinski definition) is 3. The van der Waals surface area contributed by atoms with Crippen LogP contribution in [0.1, 0.15) is 24.8 Å². The van der Waals surface area contributed by atoms with Gasteiger partial charge in [0.15, 0.2) is 0 Å². The van der Waals surface area contributed by atoms with E-state index in [1.165, 1.54) is 12.1 Å². The zero-order valence-corrected chi connectivity index (χ0v) is 9.34. The molecule has 3 atom stereocenters. The van der Waals surface area contributed by atoms with E-state index in [4.69, 9.17) is 4.74 Å². The van der Waals surface area contributed by atoms with Crippen molar-refractivity contribution in [1.82, 2.24) is 0 Å². The molecule has 1 N–H and O–H groups in total. The van der Waals surface area contributed by atoms with E-state index in [2.05, 4.69) is 4.99 Å². The summed E-state index contributed by atoms with van der Waals surface area (Å²) in [4.78, 5) is 4.47. The Morgan fingerprint density at radius 3 is 3.06 bits per heavy atom. The number of aliphatic imine (C=N–C) groups is 1. The Hall–Kier alpha value is -1.42. The summed E-state index contributed by atoms with van der Waals surface area (Å²) >= 11 is 0. The first-order valence-electron chi connectivity index (χ1n) is 5.91. The summed E-state index contributed by atoms with van der Waals surface area (Å²) < 4.78 is 18.8. The van der Waals surface area contributed by atoms with Gasteiger partial charge in [0.05, 0.1) is 12.1 Å². The predicted octanol–water partition coefficient (Wildman–Crippen LogP) is 1.88. The van der Waals surface area contributed by atoms with Crippen LogP contribution in [-0.4, -0.2) is 29.3 Å². The second-order valence-corrected chi connectivity index (χ2v) is 4.64. The van der Waals surface area contributed by atoms with Gasteiger partial charge in [-0.05, 0) is 31.0 Å². The molecule has 4 heteroatoms. The lowest BCUT2D eigenvalue weighted by atomic mass is 9.91. The van der Waals surface area contributed by atoms with Crippen molar-refractivity contribution in [3.8, 4) is 0 Å². The van der Waals surface area contributed by atoms with E-state index in [-0.39, 0.29) is 24.1 Å². The molecular weight excluding hydrogens is 221 g/mol. The monoisotopic (exact) mass is 235 g/mol. The van der Waals surface area contributed by atoms with Crippen molar-refractivity contribution in [2.45, 2.75) is 37.5 Å². The zero-order valence-electron chi connectivity index (χ0n) is 9.34. The van der Waals surface area contributed by atoms with Crippen LogP contribution in [0, 0.1) is 5.82 Å². The van der Waals surface area contributed by atoms with Crippen LogP contribution in [0.25, 0.3) is 0 Å². The molecule has 1 aliphatic heterocycles. The molecule has 1 aliphatic carbocycles. The second-order valence-electron chi connectivity index (χ2n) is 4.64. The summed E-state index contributed by atoms with van der Waals surface area (Å²) in [6, 6.07) is 6.38. The van der Waals surface area contributed by atoms with Crippen LogP contribution < -0.4 is 0 Å². The summed E-state index contributed by atoms with van der Waals surface area (Å²) in [5.74, 6) is 0.220. The molecule has 1 aromatic carbocycles. The summed E-state index contributed by atoms with van der Waals surface area (Å²) in [5.41, 5.74) is 0.675. The van der Waals surface area contributed by atoms with Gasteiger partial charge < -0.3 is 9.84 Å². The van der Waals surface area contributed by atoms with Crippen LogP contribution in [0.3, 0.4) is 0 Å². The Bertz CT molecular complexity index is 460. The Kier molecular flexibility index (Phi) is 2.59. The number of benzene rings is 1. The molecule has 90 valence electrons. The highest BCUT2D eigenvalue weighted by molar-refractivity contribution is 5.95. The van der Waals surface area contributed by atoms with Crippen molar-refractivity contribution in [2.75, 3.05) is 0 Å². The Morgan fingerprint density at radius 1 is 1.35 bits per heavy atom. The molecule has 3 rings (SSSR count). The summed E-state index contributed by atoms with van der Waals surface area (Å²) in [5, 5.41) is 9.57. The van der Waals surface area contributed by atoms with E-state index in [1.54, 1.807) is 12.1 Å². The standard InChI is InChI=1S/C13H14FNO2/c14-9-3-1-2-8(6-9)13-15-11-5-4-10(16)7-12(11)17-13/h1-3,6,10-12,16H,4-5,7H2. The molecule has 1 aromatic rings. The predicted molar refractivity (Wildman–Crippen MR) is 61.5 cm³/mol. The van der Waals surface area contributed by atoms with Crippen molar-refractivity contribution in [1.29, 1.82) is 0 Å². The van der Waals surface area contributed by atoms with Gasteiger partial charge in [-0.3, -0.25) is 0 Å². The highest BCUT2D eigenvalue weighted by Gasteiger charge is 2.36. The normalized spacial score (nSPS) is 31.6. The van der Waals surface area contributed by atoms with Crippen LogP contribution in [-0.2, 0) is 4.74 Å². The minimum absolute atomic E-state index is 0.0444. The average molecular weight is 235 g/mol.